The highest BCUT2D eigenvalue weighted by atomic mass is 16.2. The van der Waals surface area contributed by atoms with Gasteiger partial charge in [0.05, 0.1) is 0 Å². The molecule has 27 heavy (non-hydrogen) atoms. The van der Waals surface area contributed by atoms with Crippen LogP contribution in [0, 0.1) is 0 Å². The molecule has 0 aliphatic heterocycles. The molecule has 3 rings (SSSR count). The van der Waals surface area contributed by atoms with E-state index < -0.39 is 0 Å². The molecule has 1 aromatic heterocycles. The summed E-state index contributed by atoms with van der Waals surface area (Å²) in [6.45, 7) is 0.963. The van der Waals surface area contributed by atoms with Gasteiger partial charge in [0.2, 0.25) is 0 Å². The van der Waals surface area contributed by atoms with Gasteiger partial charge in [0, 0.05) is 24.8 Å². The molecule has 0 atom stereocenters. The Morgan fingerprint density at radius 1 is 0.704 bits per heavy atom. The second-order valence-electron chi connectivity index (χ2n) is 6.02. The molecule has 0 saturated carbocycles. The number of aromatic nitrogens is 1. The van der Waals surface area contributed by atoms with Gasteiger partial charge in [-0.2, -0.15) is 0 Å². The van der Waals surface area contributed by atoms with E-state index in [1.807, 2.05) is 54.6 Å². The van der Waals surface area contributed by atoms with Gasteiger partial charge in [-0.3, -0.25) is 14.6 Å². The van der Waals surface area contributed by atoms with E-state index in [0.717, 1.165) is 11.1 Å². The van der Waals surface area contributed by atoms with Crippen molar-refractivity contribution in [2.75, 3.05) is 13.1 Å². The quantitative estimate of drug-likeness (QED) is 0.636. The first-order valence-corrected chi connectivity index (χ1v) is 8.87. The molecule has 2 aromatic carbocycles. The predicted molar refractivity (Wildman–Crippen MR) is 105 cm³/mol. The van der Waals surface area contributed by atoms with Crippen LogP contribution < -0.4 is 10.6 Å². The van der Waals surface area contributed by atoms with Gasteiger partial charge in [-0.25, -0.2) is 0 Å². The molecule has 136 valence electrons. The lowest BCUT2D eigenvalue weighted by molar-refractivity contribution is 0.0948. The minimum Gasteiger partial charge on any atom is -0.352 e. The predicted octanol–water partition coefficient (Wildman–Crippen LogP) is 3.30. The van der Waals surface area contributed by atoms with E-state index in [0.29, 0.717) is 30.8 Å². The minimum absolute atomic E-state index is 0.120. The van der Waals surface area contributed by atoms with Crippen LogP contribution in [0.2, 0.25) is 0 Å². The van der Waals surface area contributed by atoms with Crippen molar-refractivity contribution in [2.24, 2.45) is 0 Å². The molecule has 3 aromatic rings. The van der Waals surface area contributed by atoms with E-state index in [9.17, 15) is 9.59 Å². The Hall–Kier alpha value is -3.47. The minimum atomic E-state index is -0.210. The molecule has 1 heterocycles. The van der Waals surface area contributed by atoms with E-state index >= 15 is 0 Å². The van der Waals surface area contributed by atoms with Crippen LogP contribution in [0.25, 0.3) is 11.1 Å². The van der Waals surface area contributed by atoms with Crippen LogP contribution in [0.5, 0.6) is 0 Å². The highest BCUT2D eigenvalue weighted by Gasteiger charge is 2.07. The highest BCUT2D eigenvalue weighted by molar-refractivity contribution is 5.94. The van der Waals surface area contributed by atoms with Crippen LogP contribution in [-0.4, -0.2) is 29.9 Å². The number of rotatable bonds is 7. The lowest BCUT2D eigenvalue weighted by Gasteiger charge is -2.07. The fraction of sp³-hybridized carbons (Fsp3) is 0.136. The van der Waals surface area contributed by atoms with Gasteiger partial charge < -0.3 is 10.6 Å². The van der Waals surface area contributed by atoms with Gasteiger partial charge in [-0.1, -0.05) is 48.5 Å². The van der Waals surface area contributed by atoms with E-state index in [2.05, 4.69) is 15.6 Å². The van der Waals surface area contributed by atoms with Crippen LogP contribution in [-0.2, 0) is 0 Å². The second-order valence-corrected chi connectivity index (χ2v) is 6.02. The van der Waals surface area contributed by atoms with Crippen LogP contribution >= 0.6 is 0 Å². The maximum atomic E-state index is 12.2. The zero-order valence-corrected chi connectivity index (χ0v) is 14.9. The molecule has 0 aliphatic rings. The molecule has 2 amide bonds. The van der Waals surface area contributed by atoms with Gasteiger partial charge in [0.1, 0.15) is 5.69 Å². The average molecular weight is 359 g/mol. The zero-order chi connectivity index (χ0) is 18.9. The van der Waals surface area contributed by atoms with Crippen LogP contribution in [0.1, 0.15) is 27.3 Å². The summed E-state index contributed by atoms with van der Waals surface area (Å²) in [4.78, 5) is 28.0. The Bertz CT molecular complexity index is 878. The number of nitrogens with one attached hydrogen (secondary N) is 2. The van der Waals surface area contributed by atoms with Crippen molar-refractivity contribution in [3.8, 4) is 11.1 Å². The van der Waals surface area contributed by atoms with Crippen molar-refractivity contribution in [2.45, 2.75) is 6.42 Å². The largest absolute Gasteiger partial charge is 0.352 e. The molecule has 0 aliphatic carbocycles. The van der Waals surface area contributed by atoms with Crippen LogP contribution in [0.4, 0.5) is 0 Å². The van der Waals surface area contributed by atoms with Gasteiger partial charge in [0.15, 0.2) is 0 Å². The van der Waals surface area contributed by atoms with Crippen molar-refractivity contribution in [3.63, 3.8) is 0 Å². The first kappa shape index (κ1) is 18.3. The molecule has 0 fully saturated rings. The first-order chi connectivity index (χ1) is 13.2. The Morgan fingerprint density at radius 3 is 2.00 bits per heavy atom. The summed E-state index contributed by atoms with van der Waals surface area (Å²) in [6, 6.07) is 22.7. The Kier molecular flexibility index (Phi) is 6.30. The summed E-state index contributed by atoms with van der Waals surface area (Å²) in [6.07, 6.45) is 2.23. The van der Waals surface area contributed by atoms with Gasteiger partial charge in [0.25, 0.3) is 11.8 Å². The molecule has 0 unspecified atom stereocenters. The SMILES string of the molecule is O=C(NCCCNC(=O)c1ccccn1)c1ccc(-c2ccccc2)cc1. The summed E-state index contributed by atoms with van der Waals surface area (Å²) >= 11 is 0. The number of nitrogens with zero attached hydrogens (tertiary/aromatic N) is 1. The van der Waals surface area contributed by atoms with Crippen LogP contribution in [0.15, 0.2) is 79.0 Å². The van der Waals surface area contributed by atoms with Gasteiger partial charge in [-0.05, 0) is 41.8 Å². The molecule has 0 radical (unpaired) electrons. The summed E-state index contributed by atoms with van der Waals surface area (Å²) in [7, 11) is 0. The molecular weight excluding hydrogens is 338 g/mol. The molecule has 0 spiro atoms. The highest BCUT2D eigenvalue weighted by Crippen LogP contribution is 2.19. The molecule has 5 nitrogen and oxygen atoms in total. The third kappa shape index (κ3) is 5.25. The third-order valence-corrected chi connectivity index (χ3v) is 4.08. The second kappa shape index (κ2) is 9.29. The summed E-state index contributed by atoms with van der Waals surface area (Å²) < 4.78 is 0. The molecule has 0 bridgehead atoms. The van der Waals surface area contributed by atoms with Crippen molar-refractivity contribution in [3.05, 3.63) is 90.3 Å². The number of hydrogen-bond donors (Lipinski definition) is 2. The number of pyridine rings is 1. The average Bonchev–Trinajstić information content (AvgIpc) is 2.74. The summed E-state index contributed by atoms with van der Waals surface area (Å²) in [5.74, 6) is -0.330. The topological polar surface area (TPSA) is 71.1 Å². The third-order valence-electron chi connectivity index (χ3n) is 4.08. The number of benzene rings is 2. The summed E-state index contributed by atoms with van der Waals surface area (Å²) in [5.41, 5.74) is 3.20. The van der Waals surface area contributed by atoms with E-state index in [1.165, 1.54) is 0 Å². The van der Waals surface area contributed by atoms with E-state index in [4.69, 9.17) is 0 Å². The number of amides is 2. The molecule has 2 N–H and O–H groups in total. The Morgan fingerprint density at radius 2 is 1.33 bits per heavy atom. The fourth-order valence-electron chi connectivity index (χ4n) is 2.63. The number of hydrogen-bond acceptors (Lipinski definition) is 3. The van der Waals surface area contributed by atoms with Crippen molar-refractivity contribution < 1.29 is 9.59 Å². The van der Waals surface area contributed by atoms with Gasteiger partial charge in [-0.15, -0.1) is 0 Å². The normalized spacial score (nSPS) is 10.2. The van der Waals surface area contributed by atoms with E-state index in [1.54, 1.807) is 24.4 Å². The number of carbonyl (C=O) groups is 2. The monoisotopic (exact) mass is 359 g/mol. The fourth-order valence-corrected chi connectivity index (χ4v) is 2.63. The maximum Gasteiger partial charge on any atom is 0.269 e. The maximum absolute atomic E-state index is 12.2. The van der Waals surface area contributed by atoms with Crippen molar-refractivity contribution in [1.29, 1.82) is 0 Å². The molecule has 0 saturated heterocycles. The van der Waals surface area contributed by atoms with E-state index in [-0.39, 0.29) is 11.8 Å². The standard InChI is InChI=1S/C22H21N3O2/c26-21(19-12-10-18(11-13-19)17-7-2-1-3-8-17)24-15-6-16-25-22(27)20-9-4-5-14-23-20/h1-5,7-14H,6,15-16H2,(H,24,26)(H,25,27). The van der Waals surface area contributed by atoms with Crippen molar-refractivity contribution in [1.82, 2.24) is 15.6 Å². The smallest absolute Gasteiger partial charge is 0.269 e. The lowest BCUT2D eigenvalue weighted by atomic mass is 10.0. The van der Waals surface area contributed by atoms with Crippen LogP contribution in [0.3, 0.4) is 0 Å². The summed E-state index contributed by atoms with van der Waals surface area (Å²) in [5, 5.41) is 5.65. The zero-order valence-electron chi connectivity index (χ0n) is 14.9. The number of carbonyl (C=O) groups excluding carboxylic acids is 2. The molecular formula is C22H21N3O2. The van der Waals surface area contributed by atoms with Crippen molar-refractivity contribution >= 4 is 11.8 Å². The Labute approximate surface area is 158 Å². The lowest BCUT2D eigenvalue weighted by Crippen LogP contribution is -2.30. The van der Waals surface area contributed by atoms with Gasteiger partial charge >= 0.3 is 0 Å². The first-order valence-electron chi connectivity index (χ1n) is 8.87. The Balaban J connectivity index is 1.41. The molecule has 5 heteroatoms.